The van der Waals surface area contributed by atoms with Gasteiger partial charge in [-0.25, -0.2) is 4.79 Å². The van der Waals surface area contributed by atoms with E-state index < -0.39 is 10.9 Å². The van der Waals surface area contributed by atoms with E-state index in [1.807, 2.05) is 0 Å². The van der Waals surface area contributed by atoms with Gasteiger partial charge < -0.3 is 14.2 Å². The summed E-state index contributed by atoms with van der Waals surface area (Å²) in [5.41, 5.74) is 0.560. The predicted molar refractivity (Wildman–Crippen MR) is 82.3 cm³/mol. The van der Waals surface area contributed by atoms with Crippen LogP contribution in [-0.2, 0) is 0 Å². The molecule has 2 aromatic carbocycles. The van der Waals surface area contributed by atoms with Crippen molar-refractivity contribution < 1.29 is 23.9 Å². The number of esters is 1. The number of aryl methyl sites for hydroxylation is 1. The first-order chi connectivity index (χ1) is 11.0. The summed E-state index contributed by atoms with van der Waals surface area (Å²) in [7, 11) is 2.92. The molecule has 0 aliphatic heterocycles. The molecule has 2 aromatic rings. The average Bonchev–Trinajstić information content (AvgIpc) is 2.53. The van der Waals surface area contributed by atoms with Crippen LogP contribution in [0.15, 0.2) is 36.4 Å². The normalized spacial score (nSPS) is 10.0. The van der Waals surface area contributed by atoms with Crippen LogP contribution in [0.25, 0.3) is 0 Å². The zero-order chi connectivity index (χ0) is 17.0. The number of hydrogen-bond acceptors (Lipinski definition) is 6. The number of nitrogens with zero attached hydrogens (tertiary/aromatic N) is 1. The first kappa shape index (κ1) is 16.3. The van der Waals surface area contributed by atoms with E-state index in [9.17, 15) is 14.9 Å². The van der Waals surface area contributed by atoms with Crippen molar-refractivity contribution in [1.82, 2.24) is 0 Å². The van der Waals surface area contributed by atoms with Gasteiger partial charge in [-0.1, -0.05) is 0 Å². The molecule has 0 aliphatic rings. The maximum Gasteiger partial charge on any atom is 0.347 e. The fourth-order valence-electron chi connectivity index (χ4n) is 2.03. The average molecular weight is 317 g/mol. The summed E-state index contributed by atoms with van der Waals surface area (Å²) in [6.07, 6.45) is 0. The molecule has 7 nitrogen and oxygen atoms in total. The highest BCUT2D eigenvalue weighted by molar-refractivity contribution is 5.94. The molecule has 7 heteroatoms. The van der Waals surface area contributed by atoms with Gasteiger partial charge in [0.05, 0.1) is 19.1 Å². The number of nitro groups is 1. The zero-order valence-corrected chi connectivity index (χ0v) is 12.9. The second-order valence-corrected chi connectivity index (χ2v) is 4.66. The minimum atomic E-state index is -0.644. The fraction of sp³-hybridized carbons (Fsp3) is 0.188. The van der Waals surface area contributed by atoms with Gasteiger partial charge in [0.1, 0.15) is 22.8 Å². The summed E-state index contributed by atoms with van der Waals surface area (Å²) in [6, 6.07) is 8.85. The molecular weight excluding hydrogens is 302 g/mol. The van der Waals surface area contributed by atoms with Crippen LogP contribution in [-0.4, -0.2) is 25.1 Å². The lowest BCUT2D eigenvalue weighted by Gasteiger charge is -2.10. The highest BCUT2D eigenvalue weighted by Crippen LogP contribution is 2.27. The van der Waals surface area contributed by atoms with Crippen LogP contribution in [0.5, 0.6) is 17.2 Å². The van der Waals surface area contributed by atoms with Crippen molar-refractivity contribution in [3.63, 3.8) is 0 Å². The molecule has 0 heterocycles. The van der Waals surface area contributed by atoms with Crippen molar-refractivity contribution in [3.05, 3.63) is 57.6 Å². The van der Waals surface area contributed by atoms with Gasteiger partial charge in [-0.3, -0.25) is 10.1 Å². The molecule has 0 unspecified atom stereocenters. The van der Waals surface area contributed by atoms with Crippen LogP contribution in [0, 0.1) is 17.0 Å². The van der Waals surface area contributed by atoms with Gasteiger partial charge >= 0.3 is 5.97 Å². The monoisotopic (exact) mass is 317 g/mol. The van der Waals surface area contributed by atoms with E-state index in [1.54, 1.807) is 19.1 Å². The Labute approximate surface area is 132 Å². The van der Waals surface area contributed by atoms with E-state index in [0.29, 0.717) is 17.1 Å². The van der Waals surface area contributed by atoms with Gasteiger partial charge in [-0.2, -0.15) is 0 Å². The molecule has 120 valence electrons. The maximum atomic E-state index is 12.3. The highest BCUT2D eigenvalue weighted by Gasteiger charge is 2.18. The Morgan fingerprint density at radius 3 is 2.30 bits per heavy atom. The van der Waals surface area contributed by atoms with Crippen LogP contribution in [0.4, 0.5) is 5.69 Å². The lowest BCUT2D eigenvalue weighted by molar-refractivity contribution is -0.385. The second kappa shape index (κ2) is 6.78. The summed E-state index contributed by atoms with van der Waals surface area (Å²) in [5, 5.41) is 10.8. The summed E-state index contributed by atoms with van der Waals surface area (Å²) in [4.78, 5) is 22.6. The molecule has 0 radical (unpaired) electrons. The number of ether oxygens (including phenoxy) is 3. The fourth-order valence-corrected chi connectivity index (χ4v) is 2.03. The molecule has 0 amide bonds. The van der Waals surface area contributed by atoms with Crippen molar-refractivity contribution in [3.8, 4) is 17.2 Å². The van der Waals surface area contributed by atoms with Crippen molar-refractivity contribution >= 4 is 11.7 Å². The van der Waals surface area contributed by atoms with E-state index in [-0.39, 0.29) is 17.0 Å². The van der Waals surface area contributed by atoms with E-state index in [0.717, 1.165) is 0 Å². The Kier molecular flexibility index (Phi) is 4.80. The van der Waals surface area contributed by atoms with Crippen molar-refractivity contribution in [2.24, 2.45) is 0 Å². The molecule has 0 saturated carbocycles. The summed E-state index contributed by atoms with van der Waals surface area (Å²) < 4.78 is 15.5. The quantitative estimate of drug-likeness (QED) is 0.364. The number of carbonyl (C=O) groups excluding carboxylic acids is 1. The van der Waals surface area contributed by atoms with Crippen LogP contribution < -0.4 is 14.2 Å². The van der Waals surface area contributed by atoms with Crippen LogP contribution >= 0.6 is 0 Å². The Morgan fingerprint density at radius 2 is 1.74 bits per heavy atom. The molecule has 2 rings (SSSR count). The Bertz CT molecular complexity index is 756. The standard InChI is InChI=1S/C16H15NO6/c1-10-8-12(4-6-14(10)17(19)20)23-16(18)13-9-11(21-2)5-7-15(13)22-3/h4-9H,1-3H3. The summed E-state index contributed by atoms with van der Waals surface area (Å²) in [5.74, 6) is 0.393. The van der Waals surface area contributed by atoms with E-state index in [2.05, 4.69) is 0 Å². The van der Waals surface area contributed by atoms with Gasteiger partial charge in [-0.15, -0.1) is 0 Å². The molecule has 0 aromatic heterocycles. The molecule has 0 atom stereocenters. The maximum absolute atomic E-state index is 12.3. The van der Waals surface area contributed by atoms with Crippen LogP contribution in [0.2, 0.25) is 0 Å². The number of nitro benzene ring substituents is 1. The molecule has 0 fully saturated rings. The Balaban J connectivity index is 2.29. The van der Waals surface area contributed by atoms with Crippen LogP contribution in [0.1, 0.15) is 15.9 Å². The third kappa shape index (κ3) is 3.57. The molecular formula is C16H15NO6. The summed E-state index contributed by atoms with van der Waals surface area (Å²) in [6.45, 7) is 1.57. The van der Waals surface area contributed by atoms with Gasteiger partial charge in [-0.05, 0) is 37.3 Å². The predicted octanol–water partition coefficient (Wildman–Crippen LogP) is 3.14. The van der Waals surface area contributed by atoms with Crippen LogP contribution in [0.3, 0.4) is 0 Å². The minimum Gasteiger partial charge on any atom is -0.497 e. The molecule has 0 bridgehead atoms. The Hall–Kier alpha value is -3.09. The SMILES string of the molecule is COc1ccc(OC)c(C(=O)Oc2ccc([N+](=O)[O-])c(C)c2)c1. The van der Waals surface area contributed by atoms with Crippen molar-refractivity contribution in [2.45, 2.75) is 6.92 Å². The number of benzene rings is 2. The number of hydrogen-bond donors (Lipinski definition) is 0. The second-order valence-electron chi connectivity index (χ2n) is 4.66. The molecule has 0 saturated heterocycles. The van der Waals surface area contributed by atoms with E-state index in [4.69, 9.17) is 14.2 Å². The van der Waals surface area contributed by atoms with Gasteiger partial charge in [0, 0.05) is 11.6 Å². The van der Waals surface area contributed by atoms with Gasteiger partial charge in [0.2, 0.25) is 0 Å². The number of methoxy groups -OCH3 is 2. The van der Waals surface area contributed by atoms with E-state index in [1.165, 1.54) is 38.5 Å². The van der Waals surface area contributed by atoms with Gasteiger partial charge in [0.25, 0.3) is 5.69 Å². The molecule has 0 spiro atoms. The lowest BCUT2D eigenvalue weighted by Crippen LogP contribution is -2.10. The topological polar surface area (TPSA) is 87.9 Å². The number of carbonyl (C=O) groups is 1. The first-order valence-corrected chi connectivity index (χ1v) is 6.65. The van der Waals surface area contributed by atoms with E-state index >= 15 is 0 Å². The largest absolute Gasteiger partial charge is 0.497 e. The molecule has 0 aliphatic carbocycles. The highest BCUT2D eigenvalue weighted by atomic mass is 16.6. The number of rotatable bonds is 5. The zero-order valence-electron chi connectivity index (χ0n) is 12.9. The minimum absolute atomic E-state index is 0.0382. The van der Waals surface area contributed by atoms with Crippen molar-refractivity contribution in [2.75, 3.05) is 14.2 Å². The molecule has 23 heavy (non-hydrogen) atoms. The molecule has 0 N–H and O–H groups in total. The lowest BCUT2D eigenvalue weighted by atomic mass is 10.2. The van der Waals surface area contributed by atoms with Crippen molar-refractivity contribution in [1.29, 1.82) is 0 Å². The first-order valence-electron chi connectivity index (χ1n) is 6.65. The third-order valence-electron chi connectivity index (χ3n) is 3.20. The smallest absolute Gasteiger partial charge is 0.347 e. The Morgan fingerprint density at radius 1 is 1.04 bits per heavy atom. The van der Waals surface area contributed by atoms with Gasteiger partial charge in [0.15, 0.2) is 0 Å². The third-order valence-corrected chi connectivity index (χ3v) is 3.20. The summed E-state index contributed by atoms with van der Waals surface area (Å²) >= 11 is 0.